The Bertz CT molecular complexity index is 399. The molecule has 1 N–H and O–H groups in total. The lowest BCUT2D eigenvalue weighted by atomic mass is 9.80. The molecule has 1 aromatic rings. The third kappa shape index (κ3) is 3.32. The molecule has 3 nitrogen and oxygen atoms in total. The Morgan fingerprint density at radius 2 is 2.18 bits per heavy atom. The number of hydrogen-bond acceptors (Lipinski definition) is 3. The van der Waals surface area contributed by atoms with Crippen LogP contribution in [0.4, 0.5) is 5.82 Å². The summed E-state index contributed by atoms with van der Waals surface area (Å²) in [7, 11) is 0. The topological polar surface area (TPSA) is 37.8 Å². The van der Waals surface area contributed by atoms with Gasteiger partial charge in [0, 0.05) is 12.2 Å². The molecule has 2 rings (SSSR count). The second kappa shape index (κ2) is 5.53. The average molecular weight is 319 g/mol. The molecule has 1 fully saturated rings. The van der Waals surface area contributed by atoms with E-state index in [1.165, 1.54) is 19.3 Å². The molecule has 0 radical (unpaired) electrons. The molecule has 94 valence electrons. The third-order valence-electron chi connectivity index (χ3n) is 3.47. The number of nitrogens with one attached hydrogen (secondary N) is 1. The summed E-state index contributed by atoms with van der Waals surface area (Å²) in [6.07, 6.45) is 5.43. The van der Waals surface area contributed by atoms with Gasteiger partial charge in [-0.3, -0.25) is 0 Å². The maximum Gasteiger partial charge on any atom is 0.224 e. The summed E-state index contributed by atoms with van der Waals surface area (Å²) in [6.45, 7) is 4.62. The van der Waals surface area contributed by atoms with Gasteiger partial charge in [-0.05, 0) is 58.6 Å². The van der Waals surface area contributed by atoms with Crippen molar-refractivity contribution in [3.63, 3.8) is 0 Å². The van der Waals surface area contributed by atoms with E-state index in [4.69, 9.17) is 11.6 Å². The molecule has 3 unspecified atom stereocenters. The SMILES string of the molecule is CC1CCC(Nc2nc(Cl)ncc2Br)C(C)C1. The fourth-order valence-electron chi connectivity index (χ4n) is 2.50. The molecule has 0 bridgehead atoms. The molecule has 5 heteroatoms. The van der Waals surface area contributed by atoms with Crippen LogP contribution in [0.3, 0.4) is 0 Å². The van der Waals surface area contributed by atoms with Gasteiger partial charge >= 0.3 is 0 Å². The summed E-state index contributed by atoms with van der Waals surface area (Å²) in [5.74, 6) is 2.30. The van der Waals surface area contributed by atoms with Crippen LogP contribution in [-0.4, -0.2) is 16.0 Å². The molecule has 0 amide bonds. The predicted molar refractivity (Wildman–Crippen MR) is 74.3 cm³/mol. The van der Waals surface area contributed by atoms with E-state index >= 15 is 0 Å². The molecule has 0 spiro atoms. The first-order chi connectivity index (χ1) is 8.06. The van der Waals surface area contributed by atoms with Gasteiger partial charge < -0.3 is 5.32 Å². The van der Waals surface area contributed by atoms with Gasteiger partial charge in [-0.15, -0.1) is 0 Å². The van der Waals surface area contributed by atoms with Crippen LogP contribution in [0, 0.1) is 11.8 Å². The molecule has 3 atom stereocenters. The molecular formula is C12H17BrClN3. The summed E-state index contributed by atoms with van der Waals surface area (Å²) in [5, 5.41) is 3.76. The van der Waals surface area contributed by atoms with Crippen molar-refractivity contribution >= 4 is 33.3 Å². The lowest BCUT2D eigenvalue weighted by molar-refractivity contribution is 0.276. The van der Waals surface area contributed by atoms with Crippen molar-refractivity contribution in [2.24, 2.45) is 11.8 Å². The van der Waals surface area contributed by atoms with E-state index in [1.807, 2.05) is 0 Å². The highest BCUT2D eigenvalue weighted by Crippen LogP contribution is 2.32. The third-order valence-corrected chi connectivity index (χ3v) is 4.23. The van der Waals surface area contributed by atoms with Gasteiger partial charge in [0.1, 0.15) is 5.82 Å². The van der Waals surface area contributed by atoms with Crippen molar-refractivity contribution in [2.45, 2.75) is 39.2 Å². The van der Waals surface area contributed by atoms with Gasteiger partial charge in [0.2, 0.25) is 5.28 Å². The van der Waals surface area contributed by atoms with Crippen molar-refractivity contribution in [3.8, 4) is 0 Å². The first-order valence-corrected chi connectivity index (χ1v) is 7.18. The minimum Gasteiger partial charge on any atom is -0.366 e. The molecule has 1 aliphatic carbocycles. The van der Waals surface area contributed by atoms with E-state index in [0.717, 1.165) is 16.2 Å². The Kier molecular flexibility index (Phi) is 4.26. The fourth-order valence-corrected chi connectivity index (χ4v) is 2.94. The van der Waals surface area contributed by atoms with Gasteiger partial charge in [0.05, 0.1) is 4.47 Å². The van der Waals surface area contributed by atoms with Crippen molar-refractivity contribution in [1.82, 2.24) is 9.97 Å². The number of rotatable bonds is 2. The molecule has 1 heterocycles. The van der Waals surface area contributed by atoms with Crippen molar-refractivity contribution < 1.29 is 0 Å². The van der Waals surface area contributed by atoms with Crippen molar-refractivity contribution in [1.29, 1.82) is 0 Å². The van der Waals surface area contributed by atoms with Crippen LogP contribution in [0.25, 0.3) is 0 Å². The number of aromatic nitrogens is 2. The molecule has 1 saturated carbocycles. The average Bonchev–Trinajstić information content (AvgIpc) is 2.27. The van der Waals surface area contributed by atoms with E-state index in [0.29, 0.717) is 12.0 Å². The number of hydrogen-bond donors (Lipinski definition) is 1. The molecule has 0 saturated heterocycles. The second-order valence-electron chi connectivity index (χ2n) is 4.98. The molecule has 1 aliphatic rings. The molecular weight excluding hydrogens is 302 g/mol. The maximum absolute atomic E-state index is 5.81. The quantitative estimate of drug-likeness (QED) is 0.833. The first-order valence-electron chi connectivity index (χ1n) is 6.01. The monoisotopic (exact) mass is 317 g/mol. The molecule has 17 heavy (non-hydrogen) atoms. The normalized spacial score (nSPS) is 29.1. The summed E-state index contributed by atoms with van der Waals surface area (Å²) < 4.78 is 0.868. The first kappa shape index (κ1) is 13.1. The Morgan fingerprint density at radius 1 is 1.41 bits per heavy atom. The van der Waals surface area contributed by atoms with Crippen LogP contribution in [0.5, 0.6) is 0 Å². The van der Waals surface area contributed by atoms with E-state index in [2.05, 4.69) is 45.1 Å². The number of anilines is 1. The van der Waals surface area contributed by atoms with Crippen LogP contribution in [0.1, 0.15) is 33.1 Å². The van der Waals surface area contributed by atoms with Crippen molar-refractivity contribution in [3.05, 3.63) is 16.0 Å². The zero-order valence-corrected chi connectivity index (χ0v) is 12.4. The summed E-state index contributed by atoms with van der Waals surface area (Å²) in [4.78, 5) is 8.15. The van der Waals surface area contributed by atoms with E-state index in [-0.39, 0.29) is 5.28 Å². The minimum absolute atomic E-state index is 0.285. The second-order valence-corrected chi connectivity index (χ2v) is 6.17. The zero-order valence-electron chi connectivity index (χ0n) is 10.1. The Morgan fingerprint density at radius 3 is 2.88 bits per heavy atom. The van der Waals surface area contributed by atoms with Gasteiger partial charge in [0.15, 0.2) is 0 Å². The largest absolute Gasteiger partial charge is 0.366 e. The molecule has 0 aromatic carbocycles. The highest BCUT2D eigenvalue weighted by Gasteiger charge is 2.25. The summed E-state index contributed by atoms with van der Waals surface area (Å²) in [5.41, 5.74) is 0. The summed E-state index contributed by atoms with van der Waals surface area (Å²) >= 11 is 9.25. The van der Waals surface area contributed by atoms with Crippen molar-refractivity contribution in [2.75, 3.05) is 5.32 Å². The lowest BCUT2D eigenvalue weighted by Gasteiger charge is -2.33. The fraction of sp³-hybridized carbons (Fsp3) is 0.667. The Labute approximate surface area is 116 Å². The van der Waals surface area contributed by atoms with E-state index in [9.17, 15) is 0 Å². The van der Waals surface area contributed by atoms with Gasteiger partial charge in [0.25, 0.3) is 0 Å². The Hall–Kier alpha value is -0.350. The maximum atomic E-state index is 5.81. The standard InChI is InChI=1S/C12H17BrClN3/c1-7-3-4-10(8(2)5-7)16-11-9(13)6-15-12(14)17-11/h6-8,10H,3-5H2,1-2H3,(H,15,16,17). The minimum atomic E-state index is 0.285. The number of halogens is 2. The molecule has 1 aromatic heterocycles. The highest BCUT2D eigenvalue weighted by molar-refractivity contribution is 9.10. The van der Waals surface area contributed by atoms with Crippen LogP contribution in [-0.2, 0) is 0 Å². The van der Waals surface area contributed by atoms with Crippen LogP contribution < -0.4 is 5.32 Å². The van der Waals surface area contributed by atoms with Crippen LogP contribution in [0.2, 0.25) is 5.28 Å². The Balaban J connectivity index is 2.07. The lowest BCUT2D eigenvalue weighted by Crippen LogP contribution is -2.33. The molecule has 0 aliphatic heterocycles. The van der Waals surface area contributed by atoms with E-state index < -0.39 is 0 Å². The van der Waals surface area contributed by atoms with Crippen LogP contribution >= 0.6 is 27.5 Å². The number of nitrogens with zero attached hydrogens (tertiary/aromatic N) is 2. The summed E-state index contributed by atoms with van der Waals surface area (Å²) in [6, 6.07) is 0.480. The van der Waals surface area contributed by atoms with Gasteiger partial charge in [-0.25, -0.2) is 4.98 Å². The predicted octanol–water partition coefficient (Wildman–Crippen LogP) is 4.13. The smallest absolute Gasteiger partial charge is 0.224 e. The zero-order chi connectivity index (χ0) is 12.4. The van der Waals surface area contributed by atoms with Gasteiger partial charge in [-0.2, -0.15) is 4.98 Å². The highest BCUT2D eigenvalue weighted by atomic mass is 79.9. The van der Waals surface area contributed by atoms with Crippen LogP contribution in [0.15, 0.2) is 10.7 Å². The van der Waals surface area contributed by atoms with E-state index in [1.54, 1.807) is 6.20 Å². The van der Waals surface area contributed by atoms with Gasteiger partial charge in [-0.1, -0.05) is 13.8 Å².